The molecule has 2 aliphatic heterocycles. The number of hydrogen-bond acceptors (Lipinski definition) is 4. The van der Waals surface area contributed by atoms with Crippen molar-refractivity contribution in [2.24, 2.45) is 0 Å². The molecule has 0 aliphatic carbocycles. The molecule has 0 saturated heterocycles. The number of hydrogen-bond donors (Lipinski definition) is 0. The zero-order valence-corrected chi connectivity index (χ0v) is 14.6. The van der Waals surface area contributed by atoms with Crippen LogP contribution in [-0.2, 0) is 6.42 Å². The molecular formula is C17H14INO4. The molecule has 5 nitrogen and oxygen atoms in total. The van der Waals surface area contributed by atoms with E-state index in [0.29, 0.717) is 29.4 Å². The van der Waals surface area contributed by atoms with Gasteiger partial charge in [0.15, 0.2) is 11.5 Å². The largest absolute Gasteiger partial charge is 0.496 e. The summed E-state index contributed by atoms with van der Waals surface area (Å²) in [7, 11) is 1.55. The van der Waals surface area contributed by atoms with Crippen molar-refractivity contribution < 1.29 is 19.0 Å². The number of rotatable bonds is 2. The molecule has 2 aliphatic rings. The predicted octanol–water partition coefficient (Wildman–Crippen LogP) is 3.23. The maximum absolute atomic E-state index is 13.1. The molecule has 4 rings (SSSR count). The van der Waals surface area contributed by atoms with E-state index in [-0.39, 0.29) is 12.7 Å². The lowest BCUT2D eigenvalue weighted by molar-refractivity contribution is 0.0986. The molecule has 2 aromatic rings. The highest BCUT2D eigenvalue weighted by molar-refractivity contribution is 14.1. The third kappa shape index (κ3) is 2.32. The molecule has 23 heavy (non-hydrogen) atoms. The Labute approximate surface area is 147 Å². The van der Waals surface area contributed by atoms with Crippen LogP contribution >= 0.6 is 22.6 Å². The van der Waals surface area contributed by atoms with Crippen molar-refractivity contribution in [2.45, 2.75) is 6.42 Å². The van der Waals surface area contributed by atoms with Gasteiger partial charge >= 0.3 is 0 Å². The molecule has 0 spiro atoms. The van der Waals surface area contributed by atoms with E-state index in [0.717, 1.165) is 15.7 Å². The van der Waals surface area contributed by atoms with Crippen LogP contribution in [0.25, 0.3) is 0 Å². The summed E-state index contributed by atoms with van der Waals surface area (Å²) in [6.07, 6.45) is 0.866. The number of para-hydroxylation sites is 1. The van der Waals surface area contributed by atoms with Crippen LogP contribution in [0.2, 0.25) is 0 Å². The van der Waals surface area contributed by atoms with Gasteiger partial charge in [-0.2, -0.15) is 0 Å². The van der Waals surface area contributed by atoms with Gasteiger partial charge < -0.3 is 19.1 Å². The van der Waals surface area contributed by atoms with Crippen LogP contribution in [0.15, 0.2) is 30.3 Å². The van der Waals surface area contributed by atoms with Gasteiger partial charge in [0.2, 0.25) is 6.79 Å². The second-order valence-corrected chi connectivity index (χ2v) is 6.52. The highest BCUT2D eigenvalue weighted by Crippen LogP contribution is 2.40. The predicted molar refractivity (Wildman–Crippen MR) is 93.7 cm³/mol. The number of anilines is 1. The first kappa shape index (κ1) is 14.6. The Hall–Kier alpha value is -1.96. The van der Waals surface area contributed by atoms with Crippen molar-refractivity contribution in [3.8, 4) is 17.2 Å². The molecule has 0 N–H and O–H groups in total. The first-order valence-corrected chi connectivity index (χ1v) is 8.34. The summed E-state index contributed by atoms with van der Waals surface area (Å²) in [6.45, 7) is 0.840. The highest BCUT2D eigenvalue weighted by Gasteiger charge is 2.30. The normalized spacial score (nSPS) is 14.8. The zero-order valence-electron chi connectivity index (χ0n) is 12.5. The molecule has 2 heterocycles. The quantitative estimate of drug-likeness (QED) is 0.697. The Kier molecular flexibility index (Phi) is 3.56. The lowest BCUT2D eigenvalue weighted by Gasteiger charge is -2.20. The number of fused-ring (bicyclic) bond motifs is 2. The molecule has 6 heteroatoms. The van der Waals surface area contributed by atoms with Crippen molar-refractivity contribution in [1.82, 2.24) is 0 Å². The summed E-state index contributed by atoms with van der Waals surface area (Å²) in [4.78, 5) is 14.9. The van der Waals surface area contributed by atoms with Crippen molar-refractivity contribution in [1.29, 1.82) is 0 Å². The van der Waals surface area contributed by atoms with Crippen molar-refractivity contribution in [3.63, 3.8) is 0 Å². The monoisotopic (exact) mass is 423 g/mol. The van der Waals surface area contributed by atoms with E-state index in [1.165, 1.54) is 5.56 Å². The number of nitrogens with zero attached hydrogens (tertiary/aromatic N) is 1. The van der Waals surface area contributed by atoms with Crippen molar-refractivity contribution >= 4 is 34.2 Å². The van der Waals surface area contributed by atoms with E-state index in [4.69, 9.17) is 14.2 Å². The summed E-state index contributed by atoms with van der Waals surface area (Å²) in [6, 6.07) is 9.53. The molecule has 1 amide bonds. The first-order chi connectivity index (χ1) is 11.2. The van der Waals surface area contributed by atoms with Crippen molar-refractivity contribution in [2.75, 3.05) is 25.3 Å². The maximum atomic E-state index is 13.1. The number of carbonyl (C=O) groups is 1. The standard InChI is InChI=1S/C17H14INO4/c1-21-13-8-15-14(22-9-23-15)7-11(13)17(20)19-6-5-10-3-2-4-12(18)16(10)19/h2-4,7-8H,5-6,9H2,1H3. The van der Waals surface area contributed by atoms with E-state index in [1.54, 1.807) is 19.2 Å². The summed E-state index contributed by atoms with van der Waals surface area (Å²) in [5, 5.41) is 0. The summed E-state index contributed by atoms with van der Waals surface area (Å²) in [5.74, 6) is 1.60. The molecular weight excluding hydrogens is 409 g/mol. The molecule has 0 bridgehead atoms. The SMILES string of the molecule is COc1cc2c(cc1C(=O)N1CCc3cccc(I)c31)OCO2. The maximum Gasteiger partial charge on any atom is 0.262 e. The average Bonchev–Trinajstić information content (AvgIpc) is 3.19. The second kappa shape index (κ2) is 5.59. The van der Waals surface area contributed by atoms with Crippen molar-refractivity contribution in [3.05, 3.63) is 45.0 Å². The molecule has 0 saturated carbocycles. The Bertz CT molecular complexity index is 805. The van der Waals surface area contributed by atoms with E-state index in [2.05, 4.69) is 28.7 Å². The molecule has 118 valence electrons. The lowest BCUT2D eigenvalue weighted by Crippen LogP contribution is -2.29. The fourth-order valence-corrected chi connectivity index (χ4v) is 3.86. The van der Waals surface area contributed by atoms with Crippen LogP contribution in [0.5, 0.6) is 17.2 Å². The third-order valence-corrected chi connectivity index (χ3v) is 4.99. The number of ether oxygens (including phenoxy) is 3. The van der Waals surface area contributed by atoms with Gasteiger partial charge in [-0.05, 0) is 40.6 Å². The number of carbonyl (C=O) groups excluding carboxylic acids is 1. The minimum absolute atomic E-state index is 0.0805. The highest BCUT2D eigenvalue weighted by atomic mass is 127. The Balaban J connectivity index is 1.77. The zero-order chi connectivity index (χ0) is 16.0. The minimum atomic E-state index is -0.0805. The van der Waals surface area contributed by atoms with Gasteiger partial charge in [-0.25, -0.2) is 0 Å². The van der Waals surface area contributed by atoms with Crippen LogP contribution in [0.4, 0.5) is 5.69 Å². The molecule has 0 unspecified atom stereocenters. The van der Waals surface area contributed by atoms with Crippen LogP contribution in [-0.4, -0.2) is 26.4 Å². The first-order valence-electron chi connectivity index (χ1n) is 7.26. The summed E-state index contributed by atoms with van der Waals surface area (Å²) < 4.78 is 17.2. The lowest BCUT2D eigenvalue weighted by atomic mass is 10.1. The van der Waals surface area contributed by atoms with Gasteiger partial charge in [0.1, 0.15) is 5.75 Å². The Morgan fingerprint density at radius 1 is 1.26 bits per heavy atom. The van der Waals surface area contributed by atoms with E-state index in [1.807, 2.05) is 17.0 Å². The summed E-state index contributed by atoms with van der Waals surface area (Å²) >= 11 is 2.27. The number of methoxy groups -OCH3 is 1. The van der Waals surface area contributed by atoms with Crippen LogP contribution in [0.3, 0.4) is 0 Å². The van der Waals surface area contributed by atoms with Gasteiger partial charge in [0.05, 0.1) is 18.4 Å². The fourth-order valence-electron chi connectivity index (χ4n) is 3.02. The van der Waals surface area contributed by atoms with Gasteiger partial charge in [0, 0.05) is 22.2 Å². The molecule has 0 fully saturated rings. The number of benzene rings is 2. The number of amides is 1. The third-order valence-electron chi connectivity index (χ3n) is 4.12. The minimum Gasteiger partial charge on any atom is -0.496 e. The van der Waals surface area contributed by atoms with Gasteiger partial charge in [-0.3, -0.25) is 4.79 Å². The van der Waals surface area contributed by atoms with E-state index >= 15 is 0 Å². The average molecular weight is 423 g/mol. The Morgan fingerprint density at radius 2 is 2.04 bits per heavy atom. The van der Waals surface area contributed by atoms with Crippen LogP contribution in [0, 0.1) is 3.57 Å². The topological polar surface area (TPSA) is 48.0 Å². The molecule has 0 atom stereocenters. The van der Waals surface area contributed by atoms with Gasteiger partial charge in [0.25, 0.3) is 5.91 Å². The van der Waals surface area contributed by atoms with E-state index < -0.39 is 0 Å². The second-order valence-electron chi connectivity index (χ2n) is 5.36. The van der Waals surface area contributed by atoms with Gasteiger partial charge in [-0.1, -0.05) is 12.1 Å². The summed E-state index contributed by atoms with van der Waals surface area (Å²) in [5.41, 5.74) is 2.69. The number of halogens is 1. The Morgan fingerprint density at radius 3 is 2.83 bits per heavy atom. The smallest absolute Gasteiger partial charge is 0.262 e. The van der Waals surface area contributed by atoms with Gasteiger partial charge in [-0.15, -0.1) is 0 Å². The van der Waals surface area contributed by atoms with E-state index in [9.17, 15) is 4.79 Å². The van der Waals surface area contributed by atoms with Crippen LogP contribution < -0.4 is 19.1 Å². The fraction of sp³-hybridized carbons (Fsp3) is 0.235. The molecule has 0 radical (unpaired) electrons. The van der Waals surface area contributed by atoms with Crippen LogP contribution in [0.1, 0.15) is 15.9 Å². The molecule has 0 aromatic heterocycles. The molecule has 2 aromatic carbocycles.